The summed E-state index contributed by atoms with van der Waals surface area (Å²) in [7, 11) is 2.04. The minimum Gasteiger partial charge on any atom is -1.00 e. The first-order valence-corrected chi connectivity index (χ1v) is 8.18. The van der Waals surface area contributed by atoms with Crippen molar-refractivity contribution < 1.29 is 21.8 Å². The minimum atomic E-state index is -0.312. The Kier molecular flexibility index (Phi) is 7.55. The smallest absolute Gasteiger partial charge is 0.278 e. The van der Waals surface area contributed by atoms with Crippen LogP contribution in [0.2, 0.25) is 0 Å². The van der Waals surface area contributed by atoms with Gasteiger partial charge in [-0.3, -0.25) is 10.1 Å². The van der Waals surface area contributed by atoms with Crippen molar-refractivity contribution in [1.29, 1.82) is 0 Å². The van der Waals surface area contributed by atoms with Crippen LogP contribution in [0.15, 0.2) is 36.4 Å². The molecule has 2 aromatic rings. The van der Waals surface area contributed by atoms with Crippen LogP contribution in [0.3, 0.4) is 0 Å². The standard InChI is InChI=1S/C16H19Cl2N2O2.ClH/c1-20(10-8-17,11-9-18)12-15-14-5-3-2-4-13(14)6-7-16(15)19(21)22;/h2-7H,8-12H2,1H3;1H/q+1;/p-1. The molecule has 0 aliphatic heterocycles. The van der Waals surface area contributed by atoms with Gasteiger partial charge in [0.25, 0.3) is 5.69 Å². The van der Waals surface area contributed by atoms with Crippen LogP contribution < -0.4 is 12.4 Å². The van der Waals surface area contributed by atoms with E-state index in [0.717, 1.165) is 16.3 Å². The van der Waals surface area contributed by atoms with Gasteiger partial charge in [-0.15, -0.1) is 23.2 Å². The molecule has 2 rings (SSSR count). The van der Waals surface area contributed by atoms with Crippen LogP contribution in [0.25, 0.3) is 10.8 Å². The van der Waals surface area contributed by atoms with Crippen molar-refractivity contribution in [2.24, 2.45) is 0 Å². The van der Waals surface area contributed by atoms with E-state index in [2.05, 4.69) is 0 Å². The predicted octanol–water partition coefficient (Wildman–Crippen LogP) is 1.18. The summed E-state index contributed by atoms with van der Waals surface area (Å²) in [6, 6.07) is 11.1. The lowest BCUT2D eigenvalue weighted by atomic mass is 10.0. The van der Waals surface area contributed by atoms with E-state index in [4.69, 9.17) is 23.2 Å². The maximum Gasteiger partial charge on any atom is 0.278 e. The molecular weight excluding hydrogens is 359 g/mol. The van der Waals surface area contributed by atoms with E-state index in [9.17, 15) is 10.1 Å². The lowest BCUT2D eigenvalue weighted by Gasteiger charge is -2.33. The first-order chi connectivity index (χ1) is 10.5. The van der Waals surface area contributed by atoms with E-state index in [1.807, 2.05) is 31.3 Å². The van der Waals surface area contributed by atoms with Gasteiger partial charge in [-0.05, 0) is 16.8 Å². The number of rotatable bonds is 7. The van der Waals surface area contributed by atoms with Crippen LogP contribution in [-0.2, 0) is 6.54 Å². The Hall–Kier alpha value is -1.07. The lowest BCUT2D eigenvalue weighted by Crippen LogP contribution is -3.00. The number of nitro benzene ring substituents is 1. The largest absolute Gasteiger partial charge is 1.00 e. The Morgan fingerprint density at radius 2 is 1.70 bits per heavy atom. The Bertz CT molecular complexity index is 673. The second-order valence-corrected chi connectivity index (χ2v) is 6.40. The van der Waals surface area contributed by atoms with Gasteiger partial charge in [0.15, 0.2) is 0 Å². The highest BCUT2D eigenvalue weighted by Gasteiger charge is 2.27. The van der Waals surface area contributed by atoms with E-state index in [1.54, 1.807) is 12.1 Å². The van der Waals surface area contributed by atoms with Gasteiger partial charge in [0.1, 0.15) is 6.54 Å². The molecule has 126 valence electrons. The van der Waals surface area contributed by atoms with E-state index in [0.29, 0.717) is 35.9 Å². The molecule has 7 heteroatoms. The van der Waals surface area contributed by atoms with E-state index < -0.39 is 0 Å². The van der Waals surface area contributed by atoms with Gasteiger partial charge >= 0.3 is 0 Å². The predicted molar refractivity (Wildman–Crippen MR) is 91.7 cm³/mol. The maximum atomic E-state index is 11.4. The third kappa shape index (κ3) is 4.70. The van der Waals surface area contributed by atoms with Crippen molar-refractivity contribution >= 4 is 39.7 Å². The van der Waals surface area contributed by atoms with E-state index >= 15 is 0 Å². The molecule has 23 heavy (non-hydrogen) atoms. The fourth-order valence-electron chi connectivity index (χ4n) is 2.72. The Morgan fingerprint density at radius 3 is 2.26 bits per heavy atom. The number of hydrogen-bond donors (Lipinski definition) is 0. The molecule has 2 aromatic carbocycles. The summed E-state index contributed by atoms with van der Waals surface area (Å²) in [6.07, 6.45) is 0. The molecule has 0 atom stereocenters. The molecule has 0 saturated heterocycles. The molecule has 0 aliphatic rings. The summed E-state index contributed by atoms with van der Waals surface area (Å²) < 4.78 is 0.585. The van der Waals surface area contributed by atoms with Gasteiger partial charge in [0.2, 0.25) is 0 Å². The van der Waals surface area contributed by atoms with Gasteiger partial charge < -0.3 is 16.9 Å². The monoisotopic (exact) mass is 376 g/mol. The third-order valence-corrected chi connectivity index (χ3v) is 4.34. The summed E-state index contributed by atoms with van der Waals surface area (Å²) in [5.41, 5.74) is 0.910. The molecule has 0 radical (unpaired) electrons. The average molecular weight is 378 g/mol. The van der Waals surface area contributed by atoms with E-state index in [1.165, 1.54) is 0 Å². The summed E-state index contributed by atoms with van der Waals surface area (Å²) in [4.78, 5) is 11.1. The Morgan fingerprint density at radius 1 is 1.09 bits per heavy atom. The second kappa shape index (κ2) is 8.69. The molecule has 0 N–H and O–H groups in total. The molecule has 0 aromatic heterocycles. The number of fused-ring (bicyclic) bond motifs is 1. The fourth-order valence-corrected chi connectivity index (χ4v) is 3.54. The van der Waals surface area contributed by atoms with Gasteiger partial charge in [0.05, 0.1) is 42.4 Å². The highest BCUT2D eigenvalue weighted by atomic mass is 35.5. The molecule has 0 spiro atoms. The molecule has 0 bridgehead atoms. The van der Waals surface area contributed by atoms with Crippen molar-refractivity contribution in [1.82, 2.24) is 0 Å². The summed E-state index contributed by atoms with van der Waals surface area (Å²) >= 11 is 11.8. The quantitative estimate of drug-likeness (QED) is 0.315. The highest BCUT2D eigenvalue weighted by Crippen LogP contribution is 2.30. The van der Waals surface area contributed by atoms with Gasteiger partial charge in [-0.1, -0.05) is 24.3 Å². The van der Waals surface area contributed by atoms with Crippen molar-refractivity contribution in [3.63, 3.8) is 0 Å². The van der Waals surface area contributed by atoms with E-state index in [-0.39, 0.29) is 23.0 Å². The van der Waals surface area contributed by atoms with Crippen LogP contribution in [0.1, 0.15) is 5.56 Å². The number of nitrogens with zero attached hydrogens (tertiary/aromatic N) is 2. The Labute approximate surface area is 152 Å². The maximum absolute atomic E-state index is 11.4. The number of nitro groups is 1. The number of alkyl halides is 2. The summed E-state index contributed by atoms with van der Waals surface area (Å²) in [6.45, 7) is 1.97. The molecular formula is C16H19Cl3N2O2. The summed E-state index contributed by atoms with van der Waals surface area (Å²) in [5, 5.41) is 13.3. The molecule has 0 aliphatic carbocycles. The molecule has 0 heterocycles. The van der Waals surface area contributed by atoms with Gasteiger partial charge in [-0.25, -0.2) is 0 Å². The topological polar surface area (TPSA) is 43.1 Å². The minimum absolute atomic E-state index is 0. The second-order valence-electron chi connectivity index (χ2n) is 5.64. The first-order valence-electron chi connectivity index (χ1n) is 7.11. The zero-order valence-corrected chi connectivity index (χ0v) is 15.1. The Balaban J connectivity index is 0.00000264. The van der Waals surface area contributed by atoms with Crippen molar-refractivity contribution in [3.8, 4) is 0 Å². The van der Waals surface area contributed by atoms with Gasteiger partial charge in [0, 0.05) is 6.07 Å². The van der Waals surface area contributed by atoms with Crippen LogP contribution in [0, 0.1) is 10.1 Å². The fraction of sp³-hybridized carbons (Fsp3) is 0.375. The molecule has 0 amide bonds. The van der Waals surface area contributed by atoms with Crippen LogP contribution in [0.5, 0.6) is 0 Å². The van der Waals surface area contributed by atoms with Crippen molar-refractivity contribution in [2.75, 3.05) is 31.9 Å². The van der Waals surface area contributed by atoms with Crippen LogP contribution >= 0.6 is 23.2 Å². The number of halogens is 3. The zero-order valence-electron chi connectivity index (χ0n) is 12.8. The third-order valence-electron chi connectivity index (χ3n) is 4.00. The zero-order chi connectivity index (χ0) is 16.2. The highest BCUT2D eigenvalue weighted by molar-refractivity contribution is 6.18. The first kappa shape index (κ1) is 20.0. The lowest BCUT2D eigenvalue weighted by molar-refractivity contribution is -0.918. The summed E-state index contributed by atoms with van der Waals surface area (Å²) in [5.74, 6) is 0.984. The average Bonchev–Trinajstić information content (AvgIpc) is 2.47. The number of benzene rings is 2. The molecule has 0 unspecified atom stereocenters. The molecule has 0 fully saturated rings. The normalized spacial score (nSPS) is 11.3. The van der Waals surface area contributed by atoms with Crippen LogP contribution in [-0.4, -0.2) is 41.3 Å². The van der Waals surface area contributed by atoms with Crippen molar-refractivity contribution in [2.45, 2.75) is 6.54 Å². The van der Waals surface area contributed by atoms with Gasteiger partial charge in [-0.2, -0.15) is 0 Å². The van der Waals surface area contributed by atoms with Crippen molar-refractivity contribution in [3.05, 3.63) is 52.1 Å². The van der Waals surface area contributed by atoms with Crippen LogP contribution in [0.4, 0.5) is 5.69 Å². The molecule has 4 nitrogen and oxygen atoms in total. The molecule has 0 saturated carbocycles. The number of hydrogen-bond acceptors (Lipinski definition) is 2. The SMILES string of the molecule is C[N+](CCCl)(CCCl)Cc1c([N+](=O)[O-])ccc2ccccc12.[Cl-]. The number of quaternary nitrogens is 1.